The number of carbonyl (C=O) groups excluding carboxylic acids is 1. The Hall–Kier alpha value is -1.06. The molecular formula is C18H24ClNO2. The zero-order valence-corrected chi connectivity index (χ0v) is 13.9. The van der Waals surface area contributed by atoms with Crippen LogP contribution in [0.25, 0.3) is 0 Å². The van der Waals surface area contributed by atoms with E-state index in [-0.39, 0.29) is 12.0 Å². The summed E-state index contributed by atoms with van der Waals surface area (Å²) in [7, 11) is 0. The molecule has 2 fully saturated rings. The number of likely N-dealkylation sites (tertiary alicyclic amines) is 1. The van der Waals surface area contributed by atoms with Gasteiger partial charge in [-0.2, -0.15) is 0 Å². The van der Waals surface area contributed by atoms with Crippen molar-refractivity contribution < 1.29 is 9.53 Å². The molecule has 0 bridgehead atoms. The van der Waals surface area contributed by atoms with Gasteiger partial charge < -0.3 is 9.64 Å². The minimum atomic E-state index is 0.241. The fraction of sp³-hybridized carbons (Fsp3) is 0.611. The van der Waals surface area contributed by atoms with Gasteiger partial charge in [-0.1, -0.05) is 23.7 Å². The molecule has 0 radical (unpaired) electrons. The van der Waals surface area contributed by atoms with E-state index in [4.69, 9.17) is 16.3 Å². The third kappa shape index (κ3) is 4.23. The number of benzene rings is 1. The van der Waals surface area contributed by atoms with Crippen LogP contribution < -0.4 is 0 Å². The molecule has 1 aliphatic heterocycles. The Morgan fingerprint density at radius 3 is 2.91 bits per heavy atom. The Morgan fingerprint density at radius 2 is 2.18 bits per heavy atom. The summed E-state index contributed by atoms with van der Waals surface area (Å²) in [6, 6.07) is 5.99. The molecule has 120 valence electrons. The topological polar surface area (TPSA) is 29.5 Å². The summed E-state index contributed by atoms with van der Waals surface area (Å²) in [5.74, 6) is 1.03. The van der Waals surface area contributed by atoms with Crippen molar-refractivity contribution in [2.45, 2.75) is 45.1 Å². The molecule has 1 saturated carbocycles. The molecule has 0 aromatic heterocycles. The second-order valence-electron chi connectivity index (χ2n) is 6.61. The standard InChI is InChI=1S/C18H24ClNO2/c1-13-10-14(4-6-17(13)19)5-7-18(21)20-9-8-16(11-20)22-12-15-2-3-15/h4,6,10,15-16H,2-3,5,7-9,11-12H2,1H3. The Morgan fingerprint density at radius 1 is 1.36 bits per heavy atom. The molecule has 1 heterocycles. The van der Waals surface area contributed by atoms with E-state index >= 15 is 0 Å². The molecule has 0 spiro atoms. The maximum atomic E-state index is 12.3. The lowest BCUT2D eigenvalue weighted by atomic mass is 10.1. The summed E-state index contributed by atoms with van der Waals surface area (Å²) in [4.78, 5) is 14.3. The van der Waals surface area contributed by atoms with Crippen LogP contribution in [0.15, 0.2) is 18.2 Å². The molecule has 3 rings (SSSR count). The third-order valence-corrected chi connectivity index (χ3v) is 5.04. The number of amides is 1. The molecule has 1 atom stereocenters. The summed E-state index contributed by atoms with van der Waals surface area (Å²) in [5, 5.41) is 0.783. The van der Waals surface area contributed by atoms with Crippen molar-refractivity contribution in [3.05, 3.63) is 34.3 Å². The summed E-state index contributed by atoms with van der Waals surface area (Å²) in [6.45, 7) is 4.49. The van der Waals surface area contributed by atoms with Gasteiger partial charge >= 0.3 is 0 Å². The van der Waals surface area contributed by atoms with Crippen molar-refractivity contribution >= 4 is 17.5 Å². The molecule has 1 aromatic carbocycles. The average molecular weight is 322 g/mol. The Labute approximate surface area is 137 Å². The van der Waals surface area contributed by atoms with E-state index in [9.17, 15) is 4.79 Å². The monoisotopic (exact) mass is 321 g/mol. The van der Waals surface area contributed by atoms with E-state index in [1.54, 1.807) is 0 Å². The van der Waals surface area contributed by atoms with Gasteiger partial charge in [0, 0.05) is 31.1 Å². The van der Waals surface area contributed by atoms with Crippen LogP contribution in [0.5, 0.6) is 0 Å². The van der Waals surface area contributed by atoms with Gasteiger partial charge in [0.2, 0.25) is 5.91 Å². The molecule has 1 aliphatic carbocycles. The second kappa shape index (κ2) is 7.01. The van der Waals surface area contributed by atoms with Gasteiger partial charge in [0.25, 0.3) is 0 Å². The molecule has 4 heteroatoms. The Kier molecular flexibility index (Phi) is 5.04. The van der Waals surface area contributed by atoms with Crippen LogP contribution in [-0.4, -0.2) is 36.6 Å². The average Bonchev–Trinajstić information content (AvgIpc) is 3.22. The highest BCUT2D eigenvalue weighted by Gasteiger charge is 2.29. The smallest absolute Gasteiger partial charge is 0.222 e. The largest absolute Gasteiger partial charge is 0.376 e. The SMILES string of the molecule is Cc1cc(CCC(=O)N2CCC(OCC3CC3)C2)ccc1Cl. The first-order valence-electron chi connectivity index (χ1n) is 8.26. The van der Waals surface area contributed by atoms with E-state index in [2.05, 4.69) is 6.07 Å². The molecule has 1 saturated heterocycles. The van der Waals surface area contributed by atoms with Crippen molar-refractivity contribution in [2.75, 3.05) is 19.7 Å². The van der Waals surface area contributed by atoms with Crippen molar-refractivity contribution in [3.63, 3.8) is 0 Å². The van der Waals surface area contributed by atoms with E-state index in [0.29, 0.717) is 6.42 Å². The van der Waals surface area contributed by atoms with E-state index < -0.39 is 0 Å². The van der Waals surface area contributed by atoms with Crippen LogP contribution in [0.4, 0.5) is 0 Å². The van der Waals surface area contributed by atoms with Gasteiger partial charge in [0.15, 0.2) is 0 Å². The summed E-state index contributed by atoms with van der Waals surface area (Å²) < 4.78 is 5.89. The van der Waals surface area contributed by atoms with Crippen molar-refractivity contribution in [3.8, 4) is 0 Å². The van der Waals surface area contributed by atoms with Gasteiger partial charge in [-0.25, -0.2) is 0 Å². The van der Waals surface area contributed by atoms with Crippen LogP contribution in [-0.2, 0) is 16.0 Å². The number of rotatable bonds is 6. The maximum Gasteiger partial charge on any atom is 0.222 e. The number of carbonyl (C=O) groups is 1. The first kappa shape index (κ1) is 15.8. The first-order chi connectivity index (χ1) is 10.6. The molecule has 22 heavy (non-hydrogen) atoms. The predicted octanol–water partition coefficient (Wildman–Crippen LogP) is 3.61. The van der Waals surface area contributed by atoms with Crippen molar-refractivity contribution in [1.82, 2.24) is 4.90 Å². The van der Waals surface area contributed by atoms with Crippen LogP contribution in [0, 0.1) is 12.8 Å². The summed E-state index contributed by atoms with van der Waals surface area (Å²) >= 11 is 6.03. The number of nitrogens with zero attached hydrogens (tertiary/aromatic N) is 1. The molecular weight excluding hydrogens is 298 g/mol. The van der Waals surface area contributed by atoms with E-state index in [1.165, 1.54) is 18.4 Å². The number of halogens is 1. The van der Waals surface area contributed by atoms with E-state index in [0.717, 1.165) is 49.0 Å². The lowest BCUT2D eigenvalue weighted by Gasteiger charge is -2.17. The van der Waals surface area contributed by atoms with Gasteiger partial charge in [-0.05, 0) is 55.7 Å². The van der Waals surface area contributed by atoms with Crippen LogP contribution in [0.1, 0.15) is 36.8 Å². The van der Waals surface area contributed by atoms with Gasteiger partial charge in [-0.15, -0.1) is 0 Å². The van der Waals surface area contributed by atoms with Gasteiger partial charge in [0.05, 0.1) is 6.10 Å². The number of aryl methyl sites for hydroxylation is 2. The predicted molar refractivity (Wildman–Crippen MR) is 88.2 cm³/mol. The zero-order chi connectivity index (χ0) is 15.5. The lowest BCUT2D eigenvalue weighted by Crippen LogP contribution is -2.30. The highest BCUT2D eigenvalue weighted by molar-refractivity contribution is 6.31. The maximum absolute atomic E-state index is 12.3. The number of hydrogen-bond donors (Lipinski definition) is 0. The Balaban J connectivity index is 1.42. The fourth-order valence-electron chi connectivity index (χ4n) is 2.92. The highest BCUT2D eigenvalue weighted by Crippen LogP contribution is 2.30. The highest BCUT2D eigenvalue weighted by atomic mass is 35.5. The first-order valence-corrected chi connectivity index (χ1v) is 8.64. The zero-order valence-electron chi connectivity index (χ0n) is 13.2. The fourth-order valence-corrected chi connectivity index (χ4v) is 3.04. The van der Waals surface area contributed by atoms with Crippen molar-refractivity contribution in [2.24, 2.45) is 5.92 Å². The van der Waals surface area contributed by atoms with Gasteiger partial charge in [-0.3, -0.25) is 4.79 Å². The second-order valence-corrected chi connectivity index (χ2v) is 7.02. The Bertz CT molecular complexity index is 542. The summed E-state index contributed by atoms with van der Waals surface area (Å²) in [5.41, 5.74) is 2.25. The number of ether oxygens (including phenoxy) is 1. The van der Waals surface area contributed by atoms with E-state index in [1.807, 2.05) is 24.0 Å². The molecule has 1 unspecified atom stereocenters. The molecule has 0 N–H and O–H groups in total. The molecule has 1 amide bonds. The molecule has 1 aromatic rings. The van der Waals surface area contributed by atoms with Gasteiger partial charge in [0.1, 0.15) is 0 Å². The van der Waals surface area contributed by atoms with Crippen molar-refractivity contribution in [1.29, 1.82) is 0 Å². The third-order valence-electron chi connectivity index (χ3n) is 4.61. The molecule has 3 nitrogen and oxygen atoms in total. The minimum absolute atomic E-state index is 0.241. The van der Waals surface area contributed by atoms with Crippen LogP contribution >= 0.6 is 11.6 Å². The summed E-state index contributed by atoms with van der Waals surface area (Å²) in [6.07, 6.45) is 5.21. The number of hydrogen-bond acceptors (Lipinski definition) is 2. The van der Waals surface area contributed by atoms with Crippen LogP contribution in [0.2, 0.25) is 5.02 Å². The normalized spacial score (nSPS) is 21.4. The lowest BCUT2D eigenvalue weighted by molar-refractivity contribution is -0.130. The van der Waals surface area contributed by atoms with Crippen LogP contribution in [0.3, 0.4) is 0 Å². The quantitative estimate of drug-likeness (QED) is 0.801. The molecule has 2 aliphatic rings. The minimum Gasteiger partial charge on any atom is -0.376 e.